The van der Waals surface area contributed by atoms with Crippen molar-refractivity contribution in [1.82, 2.24) is 0 Å². The molecule has 0 bridgehead atoms. The van der Waals surface area contributed by atoms with Crippen molar-refractivity contribution in [2.75, 3.05) is 0 Å². The Kier molecular flexibility index (Phi) is 4.11. The molecule has 0 fully saturated rings. The minimum absolute atomic E-state index is 0.404. The number of carboxylic acids is 1. The first-order valence-electron chi connectivity index (χ1n) is 5.81. The average Bonchev–Trinajstić information content (AvgIpc) is 2.21. The summed E-state index contributed by atoms with van der Waals surface area (Å²) in [6.07, 6.45) is 2.22. The molecule has 0 amide bonds. The van der Waals surface area contributed by atoms with Crippen molar-refractivity contribution < 1.29 is 9.90 Å². The van der Waals surface area contributed by atoms with Gasteiger partial charge in [0.15, 0.2) is 0 Å². The first-order chi connectivity index (χ1) is 7.47. The topological polar surface area (TPSA) is 37.3 Å². The quantitative estimate of drug-likeness (QED) is 0.835. The van der Waals surface area contributed by atoms with Gasteiger partial charge in [0.1, 0.15) is 0 Å². The molecular formula is C14H20O2. The minimum atomic E-state index is -0.840. The molecule has 1 aromatic carbocycles. The van der Waals surface area contributed by atoms with Crippen LogP contribution in [0.1, 0.15) is 59.7 Å². The highest BCUT2D eigenvalue weighted by Crippen LogP contribution is 2.27. The van der Waals surface area contributed by atoms with E-state index in [0.717, 1.165) is 18.4 Å². The maximum absolute atomic E-state index is 11.0. The van der Waals surface area contributed by atoms with Gasteiger partial charge < -0.3 is 5.11 Å². The second-order valence-electron chi connectivity index (χ2n) is 4.50. The molecule has 16 heavy (non-hydrogen) atoms. The summed E-state index contributed by atoms with van der Waals surface area (Å²) in [5.41, 5.74) is 3.88. The van der Waals surface area contributed by atoms with Crippen LogP contribution in [0.2, 0.25) is 0 Å². The van der Waals surface area contributed by atoms with E-state index in [0.29, 0.717) is 11.5 Å². The lowest BCUT2D eigenvalue weighted by molar-refractivity contribution is 0.0696. The van der Waals surface area contributed by atoms with Crippen LogP contribution >= 0.6 is 0 Å². The van der Waals surface area contributed by atoms with Gasteiger partial charge in [0.25, 0.3) is 0 Å². The van der Waals surface area contributed by atoms with Gasteiger partial charge in [-0.15, -0.1) is 0 Å². The summed E-state index contributed by atoms with van der Waals surface area (Å²) in [6, 6.07) is 3.57. The van der Waals surface area contributed by atoms with Crippen LogP contribution in [0.3, 0.4) is 0 Å². The van der Waals surface area contributed by atoms with Crippen LogP contribution in [0.15, 0.2) is 12.1 Å². The Morgan fingerprint density at radius 1 is 1.38 bits per heavy atom. The molecule has 2 heteroatoms. The van der Waals surface area contributed by atoms with Crippen LogP contribution in [-0.2, 0) is 0 Å². The Hall–Kier alpha value is -1.31. The zero-order chi connectivity index (χ0) is 12.3. The van der Waals surface area contributed by atoms with Gasteiger partial charge in [0, 0.05) is 0 Å². The molecule has 1 rings (SSSR count). The van der Waals surface area contributed by atoms with Crippen LogP contribution in [0, 0.1) is 13.8 Å². The van der Waals surface area contributed by atoms with Crippen molar-refractivity contribution in [2.24, 2.45) is 0 Å². The highest BCUT2D eigenvalue weighted by atomic mass is 16.4. The van der Waals surface area contributed by atoms with Crippen molar-refractivity contribution in [1.29, 1.82) is 0 Å². The summed E-state index contributed by atoms with van der Waals surface area (Å²) < 4.78 is 0. The zero-order valence-corrected chi connectivity index (χ0v) is 10.5. The van der Waals surface area contributed by atoms with E-state index in [1.807, 2.05) is 13.0 Å². The van der Waals surface area contributed by atoms with Crippen molar-refractivity contribution in [3.05, 3.63) is 34.4 Å². The molecule has 0 aliphatic carbocycles. The van der Waals surface area contributed by atoms with E-state index in [1.165, 1.54) is 11.1 Å². The van der Waals surface area contributed by atoms with Crippen molar-refractivity contribution in [3.8, 4) is 0 Å². The first kappa shape index (κ1) is 12.8. The van der Waals surface area contributed by atoms with E-state index in [9.17, 15) is 4.79 Å². The van der Waals surface area contributed by atoms with Gasteiger partial charge in [-0.2, -0.15) is 0 Å². The van der Waals surface area contributed by atoms with Crippen LogP contribution in [0.25, 0.3) is 0 Å². The summed E-state index contributed by atoms with van der Waals surface area (Å²) in [5, 5.41) is 9.04. The van der Waals surface area contributed by atoms with Gasteiger partial charge in [-0.05, 0) is 55.0 Å². The smallest absolute Gasteiger partial charge is 0.335 e. The molecule has 1 aromatic rings. The molecule has 0 spiro atoms. The average molecular weight is 220 g/mol. The molecule has 88 valence electrons. The zero-order valence-electron chi connectivity index (χ0n) is 10.5. The molecule has 0 saturated carbocycles. The molecule has 0 saturated heterocycles. The highest BCUT2D eigenvalue weighted by Gasteiger charge is 2.13. The maximum Gasteiger partial charge on any atom is 0.335 e. The summed E-state index contributed by atoms with van der Waals surface area (Å²) in [6.45, 7) is 8.36. The largest absolute Gasteiger partial charge is 0.478 e. The normalized spacial score (nSPS) is 12.5. The molecule has 0 aromatic heterocycles. The molecule has 1 N–H and O–H groups in total. The second-order valence-corrected chi connectivity index (χ2v) is 4.50. The van der Waals surface area contributed by atoms with Crippen molar-refractivity contribution in [2.45, 2.75) is 46.5 Å². The van der Waals surface area contributed by atoms with Gasteiger partial charge in [-0.25, -0.2) is 4.79 Å². The summed E-state index contributed by atoms with van der Waals surface area (Å²) >= 11 is 0. The van der Waals surface area contributed by atoms with E-state index < -0.39 is 5.97 Å². The number of rotatable bonds is 4. The lowest BCUT2D eigenvalue weighted by Gasteiger charge is -2.16. The Bertz CT molecular complexity index is 394. The van der Waals surface area contributed by atoms with E-state index >= 15 is 0 Å². The highest BCUT2D eigenvalue weighted by molar-refractivity contribution is 5.88. The van der Waals surface area contributed by atoms with Crippen LogP contribution in [-0.4, -0.2) is 11.1 Å². The summed E-state index contributed by atoms with van der Waals surface area (Å²) in [7, 11) is 0. The Labute approximate surface area is 97.3 Å². The number of carboxylic acid groups (broad SMARTS) is 1. The fourth-order valence-electron chi connectivity index (χ4n) is 2.11. The third-order valence-electron chi connectivity index (χ3n) is 3.21. The third kappa shape index (κ3) is 2.63. The number of benzene rings is 1. The van der Waals surface area contributed by atoms with Crippen molar-refractivity contribution >= 4 is 5.97 Å². The fourth-order valence-corrected chi connectivity index (χ4v) is 2.11. The predicted molar refractivity (Wildman–Crippen MR) is 66.2 cm³/mol. The minimum Gasteiger partial charge on any atom is -0.478 e. The molecule has 0 radical (unpaired) electrons. The predicted octanol–water partition coefficient (Wildman–Crippen LogP) is 3.91. The second kappa shape index (κ2) is 5.15. The molecule has 2 nitrogen and oxygen atoms in total. The lowest BCUT2D eigenvalue weighted by atomic mass is 9.89. The molecule has 0 aliphatic rings. The number of hydrogen-bond donors (Lipinski definition) is 1. The summed E-state index contributed by atoms with van der Waals surface area (Å²) in [5.74, 6) is -0.406. The fraction of sp³-hybridized carbons (Fsp3) is 0.500. The van der Waals surface area contributed by atoms with Gasteiger partial charge in [0.05, 0.1) is 5.56 Å². The van der Waals surface area contributed by atoms with E-state index in [-0.39, 0.29) is 0 Å². The van der Waals surface area contributed by atoms with Gasteiger partial charge in [-0.3, -0.25) is 0 Å². The molecule has 0 heterocycles. The number of aromatic carboxylic acids is 1. The maximum atomic E-state index is 11.0. The van der Waals surface area contributed by atoms with Gasteiger partial charge >= 0.3 is 5.97 Å². The van der Waals surface area contributed by atoms with E-state index in [1.54, 1.807) is 6.07 Å². The number of hydrogen-bond acceptors (Lipinski definition) is 1. The first-order valence-corrected chi connectivity index (χ1v) is 5.81. The number of aryl methyl sites for hydroxylation is 1. The van der Waals surface area contributed by atoms with Crippen LogP contribution in [0.4, 0.5) is 0 Å². The van der Waals surface area contributed by atoms with Crippen molar-refractivity contribution in [3.63, 3.8) is 0 Å². The number of carbonyl (C=O) groups is 1. The van der Waals surface area contributed by atoms with Gasteiger partial charge in [0.2, 0.25) is 0 Å². The molecule has 0 aliphatic heterocycles. The third-order valence-corrected chi connectivity index (χ3v) is 3.21. The SMILES string of the molecule is CCCC(C)c1cc(C(=O)O)cc(C)c1C. The Morgan fingerprint density at radius 2 is 2.00 bits per heavy atom. The molecular weight excluding hydrogens is 200 g/mol. The monoisotopic (exact) mass is 220 g/mol. The van der Waals surface area contributed by atoms with Gasteiger partial charge in [-0.1, -0.05) is 20.3 Å². The Morgan fingerprint density at radius 3 is 2.50 bits per heavy atom. The Balaban J connectivity index is 3.21. The lowest BCUT2D eigenvalue weighted by Crippen LogP contribution is -2.04. The summed E-state index contributed by atoms with van der Waals surface area (Å²) in [4.78, 5) is 11.0. The van der Waals surface area contributed by atoms with E-state index in [4.69, 9.17) is 5.11 Å². The standard InChI is InChI=1S/C14H20O2/c1-5-6-9(2)13-8-12(14(15)16)7-10(3)11(13)4/h7-9H,5-6H2,1-4H3,(H,15,16). The molecule has 1 unspecified atom stereocenters. The van der Waals surface area contributed by atoms with Crippen LogP contribution < -0.4 is 0 Å². The molecule has 1 atom stereocenters. The van der Waals surface area contributed by atoms with E-state index in [2.05, 4.69) is 20.8 Å². The van der Waals surface area contributed by atoms with Crippen LogP contribution in [0.5, 0.6) is 0 Å².